The lowest BCUT2D eigenvalue weighted by Crippen LogP contribution is -2.35. The summed E-state index contributed by atoms with van der Waals surface area (Å²) in [5.41, 5.74) is 2.93. The smallest absolute Gasteiger partial charge is 0.276 e. The van der Waals surface area contributed by atoms with E-state index in [1.807, 2.05) is 19.9 Å². The zero-order valence-electron chi connectivity index (χ0n) is 16.4. The number of fused-ring (bicyclic) bond motifs is 1. The van der Waals surface area contributed by atoms with Gasteiger partial charge in [0.2, 0.25) is 0 Å². The van der Waals surface area contributed by atoms with Crippen LogP contribution in [-0.4, -0.2) is 37.5 Å². The van der Waals surface area contributed by atoms with Crippen molar-refractivity contribution >= 4 is 32.6 Å². The highest BCUT2D eigenvalue weighted by molar-refractivity contribution is 7.92. The molecule has 29 heavy (non-hydrogen) atoms. The van der Waals surface area contributed by atoms with E-state index in [2.05, 4.69) is 9.88 Å². The Balaban J connectivity index is 1.69. The Morgan fingerprint density at radius 3 is 2.62 bits per heavy atom. The van der Waals surface area contributed by atoms with Crippen LogP contribution in [0.4, 0.5) is 5.69 Å². The summed E-state index contributed by atoms with van der Waals surface area (Å²) in [4.78, 5) is 14.7. The molecule has 152 valence electrons. The van der Waals surface area contributed by atoms with Gasteiger partial charge in [0.25, 0.3) is 15.9 Å². The fraction of sp³-hybridized carbons (Fsp3) is 0.333. The summed E-state index contributed by atoms with van der Waals surface area (Å²) in [6.07, 6.45) is 3.03. The van der Waals surface area contributed by atoms with Crippen LogP contribution in [0.1, 0.15) is 40.9 Å². The zero-order valence-corrected chi connectivity index (χ0v) is 17.3. The minimum Gasteiger partial charge on any atom is -0.355 e. The molecular weight excluding hydrogens is 390 g/mol. The molecule has 4 rings (SSSR count). The van der Waals surface area contributed by atoms with Gasteiger partial charge in [-0.3, -0.25) is 9.52 Å². The number of anilines is 1. The van der Waals surface area contributed by atoms with E-state index in [-0.39, 0.29) is 16.5 Å². The van der Waals surface area contributed by atoms with E-state index in [4.69, 9.17) is 4.52 Å². The Labute approximate surface area is 169 Å². The fourth-order valence-electron chi connectivity index (χ4n) is 3.55. The number of hydrogen-bond acceptors (Lipinski definition) is 5. The molecule has 1 saturated heterocycles. The number of carbonyl (C=O) groups excluding carboxylic acids is 1. The van der Waals surface area contributed by atoms with Crippen molar-refractivity contribution in [1.82, 2.24) is 10.1 Å². The van der Waals surface area contributed by atoms with Crippen molar-refractivity contribution < 1.29 is 17.7 Å². The highest BCUT2D eigenvalue weighted by Crippen LogP contribution is 2.27. The number of aromatic nitrogens is 1. The summed E-state index contributed by atoms with van der Waals surface area (Å²) in [6.45, 7) is 5.15. The molecule has 0 bridgehead atoms. The molecule has 8 heteroatoms. The number of nitrogens with zero attached hydrogens (tertiary/aromatic N) is 2. The zero-order chi connectivity index (χ0) is 20.6. The number of benzene rings is 2. The Kier molecular flexibility index (Phi) is 5.04. The summed E-state index contributed by atoms with van der Waals surface area (Å²) < 4.78 is 33.8. The molecule has 1 aromatic heterocycles. The third-order valence-electron chi connectivity index (χ3n) is 5.45. The Morgan fingerprint density at radius 2 is 1.86 bits per heavy atom. The SMILES string of the molecule is Cc1cccc(NS(=O)(=O)c2ccc3onc(C(=O)N4CCCCC4)c3c2)c1C. The number of hydrogen-bond donors (Lipinski definition) is 1. The maximum absolute atomic E-state index is 13.0. The van der Waals surface area contributed by atoms with Crippen molar-refractivity contribution in [3.05, 3.63) is 53.2 Å². The first kappa shape index (κ1) is 19.4. The van der Waals surface area contributed by atoms with E-state index in [1.54, 1.807) is 17.0 Å². The maximum Gasteiger partial charge on any atom is 0.276 e. The van der Waals surface area contributed by atoms with Gasteiger partial charge >= 0.3 is 0 Å². The van der Waals surface area contributed by atoms with Gasteiger partial charge in [0, 0.05) is 13.1 Å². The van der Waals surface area contributed by atoms with Crippen LogP contribution in [0.2, 0.25) is 0 Å². The minimum atomic E-state index is -3.83. The molecule has 1 fully saturated rings. The summed E-state index contributed by atoms with van der Waals surface area (Å²) in [5.74, 6) is -0.222. The van der Waals surface area contributed by atoms with Gasteiger partial charge in [-0.2, -0.15) is 0 Å². The largest absolute Gasteiger partial charge is 0.355 e. The predicted molar refractivity (Wildman–Crippen MR) is 110 cm³/mol. The third kappa shape index (κ3) is 3.72. The number of sulfonamides is 1. The summed E-state index contributed by atoms with van der Waals surface area (Å²) in [5, 5.41) is 4.33. The molecule has 2 aromatic carbocycles. The number of carbonyl (C=O) groups is 1. The van der Waals surface area contributed by atoms with Crippen molar-refractivity contribution in [2.24, 2.45) is 0 Å². The molecule has 1 amide bonds. The van der Waals surface area contributed by atoms with Gasteiger partial charge < -0.3 is 9.42 Å². The summed E-state index contributed by atoms with van der Waals surface area (Å²) in [7, 11) is -3.83. The van der Waals surface area contributed by atoms with Gasteiger partial charge in [0.1, 0.15) is 0 Å². The molecule has 0 atom stereocenters. The van der Waals surface area contributed by atoms with Crippen molar-refractivity contribution in [1.29, 1.82) is 0 Å². The first-order valence-electron chi connectivity index (χ1n) is 9.64. The number of rotatable bonds is 4. The number of nitrogens with one attached hydrogen (secondary N) is 1. The van der Waals surface area contributed by atoms with E-state index < -0.39 is 10.0 Å². The monoisotopic (exact) mass is 413 g/mol. The molecule has 1 aliphatic heterocycles. The molecule has 0 spiro atoms. The topological polar surface area (TPSA) is 92.5 Å². The van der Waals surface area contributed by atoms with Gasteiger partial charge in [-0.1, -0.05) is 17.3 Å². The molecule has 0 radical (unpaired) electrons. The molecule has 2 heterocycles. The first-order valence-corrected chi connectivity index (χ1v) is 11.1. The standard InChI is InChI=1S/C21H23N3O4S/c1-14-7-6-8-18(15(14)2)23-29(26,27)16-9-10-19-17(13-16)20(22-28-19)21(25)24-11-4-3-5-12-24/h6-10,13,23H,3-5,11-12H2,1-2H3. The lowest BCUT2D eigenvalue weighted by atomic mass is 10.1. The fourth-order valence-corrected chi connectivity index (χ4v) is 4.70. The van der Waals surface area contributed by atoms with Crippen LogP contribution in [0.5, 0.6) is 0 Å². The van der Waals surface area contributed by atoms with Crippen LogP contribution in [-0.2, 0) is 10.0 Å². The van der Waals surface area contributed by atoms with E-state index in [0.29, 0.717) is 29.7 Å². The molecular formula is C21H23N3O4S. The second-order valence-electron chi connectivity index (χ2n) is 7.39. The lowest BCUT2D eigenvalue weighted by molar-refractivity contribution is 0.0716. The Morgan fingerprint density at radius 1 is 1.10 bits per heavy atom. The van der Waals surface area contributed by atoms with Gasteiger partial charge in [-0.05, 0) is 68.5 Å². The molecule has 0 saturated carbocycles. The highest BCUT2D eigenvalue weighted by atomic mass is 32.2. The summed E-state index contributed by atoms with van der Waals surface area (Å²) in [6, 6.07) is 9.90. The number of aryl methyl sites for hydroxylation is 1. The van der Waals surface area contributed by atoms with E-state index >= 15 is 0 Å². The van der Waals surface area contributed by atoms with E-state index in [0.717, 1.165) is 30.4 Å². The molecule has 7 nitrogen and oxygen atoms in total. The molecule has 1 aliphatic rings. The third-order valence-corrected chi connectivity index (χ3v) is 6.81. The van der Waals surface area contributed by atoms with Gasteiger partial charge in [-0.25, -0.2) is 8.42 Å². The lowest BCUT2D eigenvalue weighted by Gasteiger charge is -2.25. The van der Waals surface area contributed by atoms with Crippen molar-refractivity contribution in [3.63, 3.8) is 0 Å². The normalized spacial score (nSPS) is 14.9. The predicted octanol–water partition coefficient (Wildman–Crippen LogP) is 3.87. The Bertz CT molecular complexity index is 1180. The van der Waals surface area contributed by atoms with Crippen molar-refractivity contribution in [2.45, 2.75) is 38.0 Å². The molecule has 1 N–H and O–H groups in total. The van der Waals surface area contributed by atoms with Crippen LogP contribution in [0.3, 0.4) is 0 Å². The number of amides is 1. The van der Waals surface area contributed by atoms with Crippen LogP contribution in [0.15, 0.2) is 45.8 Å². The molecule has 0 aliphatic carbocycles. The van der Waals surface area contributed by atoms with Gasteiger partial charge in [0.05, 0.1) is 16.0 Å². The number of piperidine rings is 1. The van der Waals surface area contributed by atoms with Crippen LogP contribution in [0, 0.1) is 13.8 Å². The number of likely N-dealkylation sites (tertiary alicyclic amines) is 1. The molecule has 0 unspecified atom stereocenters. The minimum absolute atomic E-state index is 0.0572. The van der Waals surface area contributed by atoms with Gasteiger partial charge in [0.15, 0.2) is 11.3 Å². The van der Waals surface area contributed by atoms with E-state index in [9.17, 15) is 13.2 Å². The molecule has 3 aromatic rings. The Hall–Kier alpha value is -2.87. The second kappa shape index (κ2) is 7.51. The van der Waals surface area contributed by atoms with Crippen LogP contribution in [0.25, 0.3) is 11.0 Å². The summed E-state index contributed by atoms with van der Waals surface area (Å²) >= 11 is 0. The highest BCUT2D eigenvalue weighted by Gasteiger charge is 2.25. The van der Waals surface area contributed by atoms with Gasteiger partial charge in [-0.15, -0.1) is 0 Å². The van der Waals surface area contributed by atoms with Crippen molar-refractivity contribution in [3.8, 4) is 0 Å². The second-order valence-corrected chi connectivity index (χ2v) is 9.08. The average Bonchev–Trinajstić information content (AvgIpc) is 3.15. The quantitative estimate of drug-likeness (QED) is 0.701. The van der Waals surface area contributed by atoms with E-state index in [1.165, 1.54) is 18.2 Å². The maximum atomic E-state index is 13.0. The van der Waals surface area contributed by atoms with Crippen LogP contribution < -0.4 is 4.72 Å². The first-order chi connectivity index (χ1) is 13.9. The van der Waals surface area contributed by atoms with Crippen LogP contribution >= 0.6 is 0 Å². The average molecular weight is 413 g/mol. The van der Waals surface area contributed by atoms with Crippen molar-refractivity contribution in [2.75, 3.05) is 17.8 Å².